The molecule has 0 atom stereocenters. The van der Waals surface area contributed by atoms with Crippen LogP contribution in [-0.4, -0.2) is 48.0 Å². The molecular formula is C19H19N7O2. The second kappa shape index (κ2) is 6.52. The standard InChI is InChI=1S/C19H19N7O2/c1-25-18-12(9-21-25)4-5-15-13-8-16(20-11-17(13)24-23-15)14-10-22-26(2)19(14)28-7-3-6-27-18/h4-5,8-11H,3,6-7H2,1-2H3,(H,23,24)/b5-4+. The molecule has 0 saturated heterocycles. The van der Waals surface area contributed by atoms with E-state index in [0.717, 1.165) is 45.7 Å². The van der Waals surface area contributed by atoms with Gasteiger partial charge in [-0.1, -0.05) is 0 Å². The smallest absolute Gasteiger partial charge is 0.221 e. The van der Waals surface area contributed by atoms with Gasteiger partial charge in [0.2, 0.25) is 11.8 Å². The fourth-order valence-electron chi connectivity index (χ4n) is 3.28. The summed E-state index contributed by atoms with van der Waals surface area (Å²) in [7, 11) is 3.72. The Labute approximate surface area is 160 Å². The second-order valence-corrected chi connectivity index (χ2v) is 6.62. The number of nitrogens with one attached hydrogen (secondary N) is 1. The van der Waals surface area contributed by atoms with E-state index in [1.54, 1.807) is 28.0 Å². The lowest BCUT2D eigenvalue weighted by molar-refractivity contribution is 0.226. The SMILES string of the molecule is Cn1ncc2c1OCCCOc1c(cnn1C)-c1cc3c(n[nH]c3cn1)/C=C/2. The molecule has 1 aliphatic heterocycles. The molecule has 0 saturated carbocycles. The van der Waals surface area contributed by atoms with Gasteiger partial charge in [0.15, 0.2) is 0 Å². The van der Waals surface area contributed by atoms with E-state index in [0.29, 0.717) is 19.1 Å². The molecule has 1 aliphatic rings. The summed E-state index contributed by atoms with van der Waals surface area (Å²) < 4.78 is 15.4. The molecule has 142 valence electrons. The van der Waals surface area contributed by atoms with Crippen molar-refractivity contribution in [2.45, 2.75) is 6.42 Å². The Morgan fingerprint density at radius 2 is 1.75 bits per heavy atom. The third-order valence-corrected chi connectivity index (χ3v) is 4.73. The summed E-state index contributed by atoms with van der Waals surface area (Å²) in [6.45, 7) is 1.03. The highest BCUT2D eigenvalue weighted by Crippen LogP contribution is 2.31. The summed E-state index contributed by atoms with van der Waals surface area (Å²) in [5.74, 6) is 1.40. The number of hydrogen-bond acceptors (Lipinski definition) is 6. The highest BCUT2D eigenvalue weighted by molar-refractivity contribution is 5.91. The molecule has 0 amide bonds. The van der Waals surface area contributed by atoms with Gasteiger partial charge in [-0.25, -0.2) is 9.36 Å². The van der Waals surface area contributed by atoms with Gasteiger partial charge in [0, 0.05) is 25.9 Å². The highest BCUT2D eigenvalue weighted by Gasteiger charge is 2.16. The van der Waals surface area contributed by atoms with Crippen LogP contribution in [0.1, 0.15) is 17.7 Å². The number of H-pyrrole nitrogens is 1. The predicted molar refractivity (Wildman–Crippen MR) is 104 cm³/mol. The maximum absolute atomic E-state index is 6.00. The fourth-order valence-corrected chi connectivity index (χ4v) is 3.28. The largest absolute Gasteiger partial charge is 0.477 e. The van der Waals surface area contributed by atoms with Crippen molar-refractivity contribution < 1.29 is 9.47 Å². The average molecular weight is 377 g/mol. The molecule has 0 aromatic carbocycles. The van der Waals surface area contributed by atoms with Crippen molar-refractivity contribution in [3.63, 3.8) is 0 Å². The van der Waals surface area contributed by atoms with Gasteiger partial charge in [0.1, 0.15) is 0 Å². The van der Waals surface area contributed by atoms with Gasteiger partial charge in [-0.2, -0.15) is 15.3 Å². The number of fused-ring (bicyclic) bond motifs is 4. The second-order valence-electron chi connectivity index (χ2n) is 6.62. The van der Waals surface area contributed by atoms with Crippen LogP contribution < -0.4 is 9.47 Å². The number of pyridine rings is 1. The lowest BCUT2D eigenvalue weighted by Crippen LogP contribution is -2.09. The molecule has 9 nitrogen and oxygen atoms in total. The Morgan fingerprint density at radius 3 is 2.64 bits per heavy atom. The monoisotopic (exact) mass is 377 g/mol. The van der Waals surface area contributed by atoms with Crippen molar-refractivity contribution in [2.75, 3.05) is 13.2 Å². The normalized spacial score (nSPS) is 15.2. The molecule has 0 aliphatic carbocycles. The summed E-state index contributed by atoms with van der Waals surface area (Å²) in [5, 5.41) is 17.0. The molecule has 9 heteroatoms. The third kappa shape index (κ3) is 2.72. The van der Waals surface area contributed by atoms with E-state index in [-0.39, 0.29) is 0 Å². The highest BCUT2D eigenvalue weighted by atomic mass is 16.5. The zero-order chi connectivity index (χ0) is 19.1. The first-order chi connectivity index (χ1) is 13.7. The maximum Gasteiger partial charge on any atom is 0.221 e. The van der Waals surface area contributed by atoms with Crippen molar-refractivity contribution in [2.24, 2.45) is 14.1 Å². The van der Waals surface area contributed by atoms with Crippen molar-refractivity contribution in [3.8, 4) is 23.0 Å². The predicted octanol–water partition coefficient (Wildman–Crippen LogP) is 2.42. The van der Waals surface area contributed by atoms with Gasteiger partial charge in [-0.05, 0) is 18.2 Å². The number of ether oxygens (including phenoxy) is 2. The lowest BCUT2D eigenvalue weighted by Gasteiger charge is -2.10. The molecule has 0 fully saturated rings. The van der Waals surface area contributed by atoms with Crippen LogP contribution in [0.2, 0.25) is 0 Å². The van der Waals surface area contributed by atoms with E-state index in [1.807, 2.05) is 32.3 Å². The Balaban J connectivity index is 1.66. The number of aromatic amines is 1. The van der Waals surface area contributed by atoms with Crippen molar-refractivity contribution in [1.29, 1.82) is 0 Å². The third-order valence-electron chi connectivity index (χ3n) is 4.73. The molecule has 0 unspecified atom stereocenters. The number of nitrogens with zero attached hydrogens (tertiary/aromatic N) is 6. The van der Waals surface area contributed by atoms with E-state index >= 15 is 0 Å². The van der Waals surface area contributed by atoms with Crippen molar-refractivity contribution in [1.82, 2.24) is 34.7 Å². The van der Waals surface area contributed by atoms with Crippen LogP contribution >= 0.6 is 0 Å². The molecule has 5 rings (SSSR count). The van der Waals surface area contributed by atoms with E-state index in [2.05, 4.69) is 25.4 Å². The summed E-state index contributed by atoms with van der Waals surface area (Å²) in [5.41, 5.74) is 4.22. The zero-order valence-electron chi connectivity index (χ0n) is 15.6. The maximum atomic E-state index is 6.00. The molecule has 4 aromatic rings. The molecule has 0 spiro atoms. The number of rotatable bonds is 0. The van der Waals surface area contributed by atoms with Crippen LogP contribution in [0.5, 0.6) is 11.8 Å². The zero-order valence-corrected chi connectivity index (χ0v) is 15.6. The van der Waals surface area contributed by atoms with Gasteiger partial charge in [-0.3, -0.25) is 10.1 Å². The van der Waals surface area contributed by atoms with Gasteiger partial charge in [0.05, 0.1) is 59.8 Å². The molecule has 2 bridgehead atoms. The minimum atomic E-state index is 0.509. The van der Waals surface area contributed by atoms with Gasteiger partial charge in [0.25, 0.3) is 0 Å². The Hall–Kier alpha value is -3.62. The van der Waals surface area contributed by atoms with E-state index < -0.39 is 0 Å². The van der Waals surface area contributed by atoms with E-state index in [9.17, 15) is 0 Å². The van der Waals surface area contributed by atoms with Gasteiger partial charge >= 0.3 is 0 Å². The fraction of sp³-hybridized carbons (Fsp3) is 0.263. The van der Waals surface area contributed by atoms with Crippen molar-refractivity contribution in [3.05, 3.63) is 35.9 Å². The number of aryl methyl sites for hydroxylation is 2. The molecular weight excluding hydrogens is 358 g/mol. The van der Waals surface area contributed by atoms with Crippen LogP contribution in [-0.2, 0) is 14.1 Å². The molecule has 0 radical (unpaired) electrons. The first-order valence-electron chi connectivity index (χ1n) is 9.03. The van der Waals surface area contributed by atoms with Gasteiger partial charge < -0.3 is 9.47 Å². The molecule has 5 heterocycles. The molecule has 28 heavy (non-hydrogen) atoms. The molecule has 1 N–H and O–H groups in total. The van der Waals surface area contributed by atoms with Crippen LogP contribution in [0, 0.1) is 0 Å². The minimum Gasteiger partial charge on any atom is -0.477 e. The van der Waals surface area contributed by atoms with Crippen LogP contribution in [0.25, 0.3) is 34.3 Å². The molecule has 4 aromatic heterocycles. The quantitative estimate of drug-likeness (QED) is 0.506. The summed E-state index contributed by atoms with van der Waals surface area (Å²) >= 11 is 0. The first kappa shape index (κ1) is 16.5. The summed E-state index contributed by atoms with van der Waals surface area (Å²) in [6.07, 6.45) is 9.98. The van der Waals surface area contributed by atoms with Crippen LogP contribution in [0.3, 0.4) is 0 Å². The number of aromatic nitrogens is 7. The first-order valence-corrected chi connectivity index (χ1v) is 9.03. The topological polar surface area (TPSA) is 95.7 Å². The Morgan fingerprint density at radius 1 is 0.964 bits per heavy atom. The lowest BCUT2D eigenvalue weighted by atomic mass is 10.1. The van der Waals surface area contributed by atoms with E-state index in [1.165, 1.54) is 0 Å². The Kier molecular flexibility index (Phi) is 3.85. The Bertz CT molecular complexity index is 1180. The number of hydrogen-bond donors (Lipinski definition) is 1. The van der Waals surface area contributed by atoms with Crippen LogP contribution in [0.15, 0.2) is 24.7 Å². The van der Waals surface area contributed by atoms with Crippen LogP contribution in [0.4, 0.5) is 0 Å². The van der Waals surface area contributed by atoms with E-state index in [4.69, 9.17) is 9.47 Å². The average Bonchev–Trinajstić information content (AvgIpc) is 3.37. The minimum absolute atomic E-state index is 0.509. The summed E-state index contributed by atoms with van der Waals surface area (Å²) in [4.78, 5) is 4.56. The summed E-state index contributed by atoms with van der Waals surface area (Å²) in [6, 6.07) is 2.00. The van der Waals surface area contributed by atoms with Crippen molar-refractivity contribution >= 4 is 23.1 Å². The van der Waals surface area contributed by atoms with Gasteiger partial charge in [-0.15, -0.1) is 0 Å².